The molecule has 0 aromatic rings. The molecule has 1 heterocycles. The second kappa shape index (κ2) is 15.5. The van der Waals surface area contributed by atoms with Gasteiger partial charge in [-0.15, -0.1) is 18.9 Å². The van der Waals surface area contributed by atoms with E-state index in [9.17, 15) is 32.4 Å². The highest BCUT2D eigenvalue weighted by molar-refractivity contribution is 7.92. The lowest BCUT2D eigenvalue weighted by molar-refractivity contribution is -0.145. The minimum Gasteiger partial charge on any atom is -0.346 e. The lowest BCUT2D eigenvalue weighted by Gasteiger charge is -2.41. The molecule has 5 amide bonds. The van der Waals surface area contributed by atoms with Crippen LogP contribution in [0.15, 0.2) is 12.7 Å². The molecule has 4 fully saturated rings. The molecular formula is C37H57N5O7S. The molecular weight excluding hydrogens is 659 g/mol. The molecule has 12 nitrogen and oxygen atoms in total. The third-order valence-electron chi connectivity index (χ3n) is 11.5. The Balaban J connectivity index is 1.54. The first-order chi connectivity index (χ1) is 23.4. The van der Waals surface area contributed by atoms with Gasteiger partial charge in [0, 0.05) is 19.5 Å². The first-order valence-electron chi connectivity index (χ1n) is 18.2. The van der Waals surface area contributed by atoms with E-state index in [1.807, 2.05) is 34.6 Å². The maximum Gasteiger partial charge on any atom is 0.315 e. The molecule has 1 saturated heterocycles. The summed E-state index contributed by atoms with van der Waals surface area (Å²) in [4.78, 5) is 69.3. The summed E-state index contributed by atoms with van der Waals surface area (Å²) in [6.07, 6.45) is 13.8. The molecule has 0 bridgehead atoms. The van der Waals surface area contributed by atoms with Crippen LogP contribution in [0.25, 0.3) is 0 Å². The molecule has 0 aromatic heterocycles. The molecule has 5 atom stereocenters. The number of ketones is 1. The summed E-state index contributed by atoms with van der Waals surface area (Å²) in [5, 5.41) is 10.7. The van der Waals surface area contributed by atoms with E-state index in [0.717, 1.165) is 32.1 Å². The van der Waals surface area contributed by atoms with E-state index in [-0.39, 0.29) is 54.2 Å². The largest absolute Gasteiger partial charge is 0.346 e. The third kappa shape index (κ3) is 8.72. The number of hydrogen-bond donors (Lipinski definition) is 4. The van der Waals surface area contributed by atoms with Gasteiger partial charge in [0.15, 0.2) is 9.84 Å². The van der Waals surface area contributed by atoms with Gasteiger partial charge in [0.05, 0.1) is 22.6 Å². The zero-order valence-corrected chi connectivity index (χ0v) is 31.3. The molecule has 3 saturated carbocycles. The van der Waals surface area contributed by atoms with Crippen LogP contribution in [0.5, 0.6) is 0 Å². The maximum atomic E-state index is 14.5. The topological polar surface area (TPSA) is 171 Å². The number of Topliss-reactive ketones (excluding diaryl/α,β-unsaturated/α-hetero) is 1. The Hall–Kier alpha value is -3.40. The second-order valence-corrected chi connectivity index (χ2v) is 18.8. The van der Waals surface area contributed by atoms with Crippen LogP contribution in [0.1, 0.15) is 105 Å². The van der Waals surface area contributed by atoms with Crippen molar-refractivity contribution in [2.75, 3.05) is 18.8 Å². The summed E-state index contributed by atoms with van der Waals surface area (Å²) in [6, 6.07) is -3.78. The summed E-state index contributed by atoms with van der Waals surface area (Å²) in [6.45, 7) is 13.4. The fourth-order valence-corrected chi connectivity index (χ4v) is 10.9. The van der Waals surface area contributed by atoms with Crippen molar-refractivity contribution >= 4 is 39.4 Å². The number of piperidine rings is 1. The first-order valence-corrected chi connectivity index (χ1v) is 19.9. The summed E-state index contributed by atoms with van der Waals surface area (Å²) >= 11 is 0. The lowest BCUT2D eigenvalue weighted by atomic mass is 9.83. The minimum absolute atomic E-state index is 0.0266. The number of fused-ring (bicyclic) bond motifs is 1. The average Bonchev–Trinajstić information content (AvgIpc) is 3.51. The standard InChI is InChI=1S/C37H57N5O7S/c1-8-10-18-26(29(43)32(45)38-21-9-2)39-31(44)28-27-25(36(27,6)7)22-42(28)33(46)30(35(3,4)5)40-34(47)41-37(19-14-11-15-20-37)23-50(48,49)24-16-12-13-17-24/h1,9,24-28,30H,2,10-23H2,3-7H3,(H,38,45)(H,39,44)(H2,40,41,47)/t25?,26?,27?,28-,30+/m0/s1. The molecule has 13 heteroatoms. The Morgan fingerprint density at radius 3 is 2.24 bits per heavy atom. The summed E-state index contributed by atoms with van der Waals surface area (Å²) in [5.41, 5.74) is -1.94. The van der Waals surface area contributed by atoms with Gasteiger partial charge in [0.1, 0.15) is 12.1 Å². The predicted octanol–water partition coefficient (Wildman–Crippen LogP) is 3.01. The average molecular weight is 716 g/mol. The highest BCUT2D eigenvalue weighted by atomic mass is 32.2. The van der Waals surface area contributed by atoms with Crippen molar-refractivity contribution in [1.82, 2.24) is 26.2 Å². The van der Waals surface area contributed by atoms with Gasteiger partial charge in [-0.05, 0) is 54.8 Å². The van der Waals surface area contributed by atoms with Gasteiger partial charge >= 0.3 is 6.03 Å². The number of urea groups is 1. The number of carbonyl (C=O) groups is 5. The molecule has 0 aromatic carbocycles. The molecule has 4 N–H and O–H groups in total. The molecule has 1 aliphatic heterocycles. The monoisotopic (exact) mass is 715 g/mol. The first kappa shape index (κ1) is 39.4. The van der Waals surface area contributed by atoms with E-state index < -0.39 is 68.5 Å². The van der Waals surface area contributed by atoms with E-state index in [1.54, 1.807) is 0 Å². The number of terminal acetylenes is 1. The van der Waals surface area contributed by atoms with E-state index in [0.29, 0.717) is 25.7 Å². The highest BCUT2D eigenvalue weighted by Gasteiger charge is 2.70. The molecule has 3 unspecified atom stereocenters. The van der Waals surface area contributed by atoms with Crippen LogP contribution in [-0.2, 0) is 29.0 Å². The van der Waals surface area contributed by atoms with Crippen molar-refractivity contribution in [2.24, 2.45) is 22.7 Å². The SMILES string of the molecule is C#CCCC(NC(=O)[C@@H]1C2C(CN1C(=O)[C@@H](NC(=O)NC1(CS(=O)(=O)C3CCCC3)CCCCC1)C(C)(C)C)C2(C)C)C(=O)C(=O)NCC=C. The molecule has 0 radical (unpaired) electrons. The van der Waals surface area contributed by atoms with Crippen LogP contribution in [0.3, 0.4) is 0 Å². The zero-order chi connectivity index (χ0) is 37.1. The number of nitrogens with one attached hydrogen (secondary N) is 4. The summed E-state index contributed by atoms with van der Waals surface area (Å²) in [5.74, 6) is -0.543. The van der Waals surface area contributed by atoms with Crippen molar-refractivity contribution < 1.29 is 32.4 Å². The van der Waals surface area contributed by atoms with Crippen molar-refractivity contribution in [3.8, 4) is 12.3 Å². The van der Waals surface area contributed by atoms with Crippen LogP contribution in [0, 0.1) is 35.0 Å². The number of hydrogen-bond acceptors (Lipinski definition) is 7. The van der Waals surface area contributed by atoms with Crippen LogP contribution in [0.4, 0.5) is 4.79 Å². The third-order valence-corrected chi connectivity index (χ3v) is 13.9. The quantitative estimate of drug-likeness (QED) is 0.122. The van der Waals surface area contributed by atoms with Gasteiger partial charge in [-0.3, -0.25) is 19.2 Å². The molecule has 4 rings (SSSR count). The number of amides is 5. The number of sulfone groups is 1. The van der Waals surface area contributed by atoms with E-state index >= 15 is 0 Å². The summed E-state index contributed by atoms with van der Waals surface area (Å²) < 4.78 is 26.9. The number of carbonyl (C=O) groups excluding carboxylic acids is 5. The predicted molar refractivity (Wildman–Crippen MR) is 191 cm³/mol. The Morgan fingerprint density at radius 2 is 1.66 bits per heavy atom. The Morgan fingerprint density at radius 1 is 1.02 bits per heavy atom. The van der Waals surface area contributed by atoms with Crippen LogP contribution in [-0.4, -0.2) is 90.6 Å². The highest BCUT2D eigenvalue weighted by Crippen LogP contribution is 2.65. The van der Waals surface area contributed by atoms with E-state index in [1.165, 1.54) is 11.0 Å². The van der Waals surface area contributed by atoms with Gasteiger partial charge in [-0.25, -0.2) is 13.2 Å². The van der Waals surface area contributed by atoms with Gasteiger partial charge in [0.25, 0.3) is 5.91 Å². The number of rotatable bonds is 14. The van der Waals surface area contributed by atoms with Gasteiger partial charge in [-0.1, -0.05) is 72.8 Å². The van der Waals surface area contributed by atoms with Crippen molar-refractivity contribution in [3.05, 3.63) is 12.7 Å². The van der Waals surface area contributed by atoms with Crippen LogP contribution >= 0.6 is 0 Å². The molecule has 3 aliphatic carbocycles. The molecule has 278 valence electrons. The molecule has 0 spiro atoms. The Kier molecular flexibility index (Phi) is 12.2. The Bertz CT molecular complexity index is 1480. The fraction of sp³-hybridized carbons (Fsp3) is 0.757. The molecule has 50 heavy (non-hydrogen) atoms. The van der Waals surface area contributed by atoms with E-state index in [4.69, 9.17) is 6.42 Å². The van der Waals surface area contributed by atoms with Crippen molar-refractivity contribution in [1.29, 1.82) is 0 Å². The summed E-state index contributed by atoms with van der Waals surface area (Å²) in [7, 11) is -3.44. The van der Waals surface area contributed by atoms with Crippen molar-refractivity contribution in [2.45, 2.75) is 134 Å². The maximum absolute atomic E-state index is 14.5. The van der Waals surface area contributed by atoms with Gasteiger partial charge in [0.2, 0.25) is 17.6 Å². The molecule has 4 aliphatic rings. The van der Waals surface area contributed by atoms with Crippen LogP contribution in [0.2, 0.25) is 0 Å². The second-order valence-electron chi connectivity index (χ2n) is 16.5. The van der Waals surface area contributed by atoms with Gasteiger partial charge < -0.3 is 26.2 Å². The van der Waals surface area contributed by atoms with E-state index in [2.05, 4.69) is 33.8 Å². The number of nitrogens with zero attached hydrogens (tertiary/aromatic N) is 1. The lowest BCUT2D eigenvalue weighted by Crippen LogP contribution is -2.64. The Labute approximate surface area is 298 Å². The fourth-order valence-electron chi connectivity index (χ4n) is 8.48. The smallest absolute Gasteiger partial charge is 0.315 e. The number of likely N-dealkylation sites (tertiary alicyclic amines) is 1. The normalized spacial score (nSPS) is 25.3. The van der Waals surface area contributed by atoms with Gasteiger partial charge in [-0.2, -0.15) is 0 Å². The minimum atomic E-state index is -3.44. The van der Waals surface area contributed by atoms with Crippen molar-refractivity contribution in [3.63, 3.8) is 0 Å². The zero-order valence-electron chi connectivity index (χ0n) is 30.4. The van der Waals surface area contributed by atoms with Crippen LogP contribution < -0.4 is 21.3 Å².